The molecule has 0 aliphatic heterocycles. The molecule has 106 valence electrons. The quantitative estimate of drug-likeness (QED) is 0.639. The number of nitrogens with one attached hydrogen (secondary N) is 1. The Balaban J connectivity index is 2.29. The van der Waals surface area contributed by atoms with Gasteiger partial charge in [-0.25, -0.2) is 8.78 Å². The van der Waals surface area contributed by atoms with Crippen molar-refractivity contribution in [2.24, 2.45) is 0 Å². The summed E-state index contributed by atoms with van der Waals surface area (Å²) in [5, 5.41) is 17.4. The number of thiophene rings is 1. The Hall–Kier alpha value is -2.02. The first-order chi connectivity index (χ1) is 9.49. The summed E-state index contributed by atoms with van der Waals surface area (Å²) < 4.78 is 26.0. The number of nitrogens with zero attached hydrogens (tertiary/aromatic N) is 1. The van der Waals surface area contributed by atoms with Crippen LogP contribution in [-0.2, 0) is 0 Å². The van der Waals surface area contributed by atoms with E-state index >= 15 is 0 Å². The molecule has 4 nitrogen and oxygen atoms in total. The van der Waals surface area contributed by atoms with E-state index in [0.29, 0.717) is 0 Å². The summed E-state index contributed by atoms with van der Waals surface area (Å²) in [5.74, 6) is 0. The van der Waals surface area contributed by atoms with E-state index in [2.05, 4.69) is 5.32 Å². The van der Waals surface area contributed by atoms with Crippen LogP contribution in [0.5, 0.6) is 0 Å². The van der Waals surface area contributed by atoms with E-state index in [4.69, 9.17) is 0 Å². The minimum absolute atomic E-state index is 0.153. The van der Waals surface area contributed by atoms with Gasteiger partial charge in [0.1, 0.15) is 0 Å². The van der Waals surface area contributed by atoms with Gasteiger partial charge in [0.15, 0.2) is 0 Å². The average molecular weight is 298 g/mol. The largest absolute Gasteiger partial charge is 0.378 e. The average Bonchev–Trinajstić information content (AvgIpc) is 2.92. The predicted molar refractivity (Wildman–Crippen MR) is 74.4 cm³/mol. The van der Waals surface area contributed by atoms with Gasteiger partial charge in [0.05, 0.1) is 4.92 Å². The fourth-order valence-corrected chi connectivity index (χ4v) is 2.57. The molecule has 1 aromatic carbocycles. The highest BCUT2D eigenvalue weighted by Crippen LogP contribution is 2.33. The maximum absolute atomic E-state index is 13.0. The molecular weight excluding hydrogens is 286 g/mol. The number of nitro groups is 1. The van der Waals surface area contributed by atoms with E-state index in [9.17, 15) is 18.9 Å². The van der Waals surface area contributed by atoms with Crippen molar-refractivity contribution in [1.82, 2.24) is 0 Å². The predicted octanol–water partition coefficient (Wildman–Crippen LogP) is 4.77. The zero-order chi connectivity index (χ0) is 14.7. The van der Waals surface area contributed by atoms with Crippen LogP contribution in [0.25, 0.3) is 0 Å². The lowest BCUT2D eigenvalue weighted by Crippen LogP contribution is -2.08. The van der Waals surface area contributed by atoms with Gasteiger partial charge in [-0.05, 0) is 35.4 Å². The van der Waals surface area contributed by atoms with Crippen molar-refractivity contribution in [1.29, 1.82) is 0 Å². The van der Waals surface area contributed by atoms with Gasteiger partial charge in [0.2, 0.25) is 0 Å². The second kappa shape index (κ2) is 5.96. The third kappa shape index (κ3) is 3.11. The van der Waals surface area contributed by atoms with E-state index in [1.165, 1.54) is 23.5 Å². The molecule has 0 amide bonds. The molecule has 20 heavy (non-hydrogen) atoms. The highest BCUT2D eigenvalue weighted by atomic mass is 32.1. The molecule has 0 saturated heterocycles. The van der Waals surface area contributed by atoms with Crippen molar-refractivity contribution < 1.29 is 13.7 Å². The number of rotatable bonds is 5. The summed E-state index contributed by atoms with van der Waals surface area (Å²) in [4.78, 5) is 9.96. The van der Waals surface area contributed by atoms with Gasteiger partial charge in [-0.3, -0.25) is 10.1 Å². The van der Waals surface area contributed by atoms with Crippen LogP contribution in [0, 0.1) is 10.1 Å². The monoisotopic (exact) mass is 298 g/mol. The van der Waals surface area contributed by atoms with Crippen LogP contribution in [-0.4, -0.2) is 4.92 Å². The lowest BCUT2D eigenvalue weighted by atomic mass is 10.1. The van der Waals surface area contributed by atoms with Crippen molar-refractivity contribution >= 4 is 22.7 Å². The molecule has 0 bridgehead atoms. The van der Waals surface area contributed by atoms with Gasteiger partial charge in [0, 0.05) is 29.4 Å². The van der Waals surface area contributed by atoms with E-state index in [1.54, 1.807) is 0 Å². The smallest absolute Gasteiger partial charge is 0.270 e. The fraction of sp³-hybridized carbons (Fsp3) is 0.231. The molecule has 1 N–H and O–H groups in total. The molecule has 0 radical (unpaired) electrons. The first kappa shape index (κ1) is 14.4. The number of alkyl halides is 2. The third-order valence-electron chi connectivity index (χ3n) is 2.90. The summed E-state index contributed by atoms with van der Waals surface area (Å²) in [6.07, 6.45) is -2.77. The second-order valence-electron chi connectivity index (χ2n) is 4.25. The van der Waals surface area contributed by atoms with E-state index in [0.717, 1.165) is 11.6 Å². The van der Waals surface area contributed by atoms with Crippen LogP contribution >= 0.6 is 11.3 Å². The SMILES string of the molecule is CC(Nc1ccc([N+](=O)[O-])cc1C(F)F)c1ccsc1. The normalized spacial score (nSPS) is 12.4. The molecule has 0 saturated carbocycles. The Labute approximate surface area is 118 Å². The summed E-state index contributed by atoms with van der Waals surface area (Å²) >= 11 is 1.52. The molecule has 1 aromatic heterocycles. The van der Waals surface area contributed by atoms with Crippen LogP contribution in [0.4, 0.5) is 20.2 Å². The molecule has 1 heterocycles. The first-order valence-electron chi connectivity index (χ1n) is 5.84. The number of nitro benzene ring substituents is 1. The van der Waals surface area contributed by atoms with E-state index in [-0.39, 0.29) is 23.0 Å². The molecule has 2 rings (SSSR count). The number of benzene rings is 1. The lowest BCUT2D eigenvalue weighted by Gasteiger charge is -2.17. The third-order valence-corrected chi connectivity index (χ3v) is 3.60. The lowest BCUT2D eigenvalue weighted by molar-refractivity contribution is -0.385. The van der Waals surface area contributed by atoms with Crippen LogP contribution in [0.15, 0.2) is 35.0 Å². The van der Waals surface area contributed by atoms with Crippen LogP contribution in [0.1, 0.15) is 30.5 Å². The standard InChI is InChI=1S/C13H12F2N2O2S/c1-8(9-4-5-20-7-9)16-12-3-2-10(17(18)19)6-11(12)13(14)15/h2-8,13,16H,1H3. The van der Waals surface area contributed by atoms with Crippen molar-refractivity contribution in [2.45, 2.75) is 19.4 Å². The number of non-ortho nitro benzene ring substituents is 1. The fourth-order valence-electron chi connectivity index (χ4n) is 1.81. The van der Waals surface area contributed by atoms with Crippen LogP contribution in [0.3, 0.4) is 0 Å². The van der Waals surface area contributed by atoms with Crippen molar-refractivity contribution in [2.75, 3.05) is 5.32 Å². The molecule has 0 fully saturated rings. The van der Waals surface area contributed by atoms with Gasteiger partial charge in [0.25, 0.3) is 12.1 Å². The zero-order valence-electron chi connectivity index (χ0n) is 10.5. The molecule has 0 spiro atoms. The summed E-state index contributed by atoms with van der Waals surface area (Å²) in [5.41, 5.74) is 0.494. The molecule has 2 aromatic rings. The van der Waals surface area contributed by atoms with Gasteiger partial charge in [-0.1, -0.05) is 0 Å². The minimum atomic E-state index is -2.77. The Morgan fingerprint density at radius 1 is 1.35 bits per heavy atom. The van der Waals surface area contributed by atoms with Crippen molar-refractivity contribution in [3.63, 3.8) is 0 Å². The Kier molecular flexibility index (Phi) is 4.29. The number of halogens is 2. The molecule has 1 atom stereocenters. The Morgan fingerprint density at radius 3 is 2.65 bits per heavy atom. The van der Waals surface area contributed by atoms with Crippen LogP contribution in [0.2, 0.25) is 0 Å². The molecule has 7 heteroatoms. The van der Waals surface area contributed by atoms with E-state index in [1.807, 2.05) is 23.8 Å². The first-order valence-corrected chi connectivity index (χ1v) is 6.78. The van der Waals surface area contributed by atoms with Gasteiger partial charge in [-0.2, -0.15) is 11.3 Å². The molecule has 0 aliphatic carbocycles. The number of hydrogen-bond donors (Lipinski definition) is 1. The highest BCUT2D eigenvalue weighted by Gasteiger charge is 2.19. The number of hydrogen-bond acceptors (Lipinski definition) is 4. The molecule has 0 aliphatic rings. The summed E-state index contributed by atoms with van der Waals surface area (Å²) in [6.45, 7) is 1.85. The van der Waals surface area contributed by atoms with Gasteiger partial charge >= 0.3 is 0 Å². The van der Waals surface area contributed by atoms with Crippen LogP contribution < -0.4 is 5.32 Å². The Bertz CT molecular complexity index is 602. The van der Waals surface area contributed by atoms with Gasteiger partial charge < -0.3 is 5.32 Å². The highest BCUT2D eigenvalue weighted by molar-refractivity contribution is 7.07. The van der Waals surface area contributed by atoms with Crippen molar-refractivity contribution in [3.8, 4) is 0 Å². The second-order valence-corrected chi connectivity index (χ2v) is 5.03. The Morgan fingerprint density at radius 2 is 2.10 bits per heavy atom. The maximum atomic E-state index is 13.0. The van der Waals surface area contributed by atoms with Crippen molar-refractivity contribution in [3.05, 3.63) is 56.3 Å². The molecular formula is C13H12F2N2O2S. The zero-order valence-corrected chi connectivity index (χ0v) is 11.4. The minimum Gasteiger partial charge on any atom is -0.378 e. The summed E-state index contributed by atoms with van der Waals surface area (Å²) in [6, 6.07) is 5.19. The van der Waals surface area contributed by atoms with E-state index < -0.39 is 11.3 Å². The van der Waals surface area contributed by atoms with Gasteiger partial charge in [-0.15, -0.1) is 0 Å². The molecule has 1 unspecified atom stereocenters. The maximum Gasteiger partial charge on any atom is 0.270 e. The number of anilines is 1. The topological polar surface area (TPSA) is 55.2 Å². The summed E-state index contributed by atoms with van der Waals surface area (Å²) in [7, 11) is 0.